The van der Waals surface area contributed by atoms with Gasteiger partial charge in [-0.05, 0) is 12.8 Å². The highest BCUT2D eigenvalue weighted by atomic mass is 16.5. The van der Waals surface area contributed by atoms with Crippen molar-refractivity contribution < 1.29 is 19.7 Å². The third-order valence-electron chi connectivity index (χ3n) is 1.92. The van der Waals surface area contributed by atoms with Gasteiger partial charge < -0.3 is 25.4 Å². The van der Waals surface area contributed by atoms with Gasteiger partial charge in [0.15, 0.2) is 0 Å². The Bertz CT molecular complexity index is 141. The molecule has 0 rings (SSSR count). The van der Waals surface area contributed by atoms with Gasteiger partial charge in [-0.2, -0.15) is 0 Å². The van der Waals surface area contributed by atoms with E-state index in [1.54, 1.807) is 0 Å². The van der Waals surface area contributed by atoms with Gasteiger partial charge >= 0.3 is 0 Å². The van der Waals surface area contributed by atoms with E-state index in [1.165, 1.54) is 0 Å². The average Bonchev–Trinajstić information content (AvgIpc) is 2.20. The molecule has 1 unspecified atom stereocenters. The monoisotopic (exact) mass is 221 g/mol. The molecule has 0 spiro atoms. The van der Waals surface area contributed by atoms with E-state index in [0.29, 0.717) is 26.2 Å². The molecule has 4 N–H and O–H groups in total. The minimum atomic E-state index is -1.23. The highest BCUT2D eigenvalue weighted by Gasteiger charge is 2.19. The lowest BCUT2D eigenvalue weighted by Crippen LogP contribution is -2.44. The summed E-state index contributed by atoms with van der Waals surface area (Å²) in [6.07, 6.45) is 2.43. The van der Waals surface area contributed by atoms with Crippen molar-refractivity contribution >= 4 is 0 Å². The van der Waals surface area contributed by atoms with Crippen molar-refractivity contribution in [1.29, 1.82) is 0 Å². The Balaban J connectivity index is 3.32. The molecule has 0 aliphatic carbocycles. The smallest absolute Gasteiger partial charge is 0.137 e. The minimum Gasteiger partial charge on any atom is -0.394 e. The molecule has 15 heavy (non-hydrogen) atoms. The predicted octanol–water partition coefficient (Wildman–Crippen LogP) is -0.151. The van der Waals surface area contributed by atoms with Crippen molar-refractivity contribution in [3.05, 3.63) is 0 Å². The lowest BCUT2D eigenvalue weighted by molar-refractivity contribution is -0.0615. The van der Waals surface area contributed by atoms with Crippen LogP contribution in [0.2, 0.25) is 0 Å². The number of hydrogen-bond donors (Lipinski definition) is 3. The van der Waals surface area contributed by atoms with Crippen molar-refractivity contribution in [1.82, 2.24) is 0 Å². The number of unbranched alkanes of at least 4 members (excludes halogenated alkanes) is 1. The molecule has 0 aliphatic rings. The van der Waals surface area contributed by atoms with Crippen LogP contribution in [0.3, 0.4) is 0 Å². The standard InChI is InChI=1S/C10H23NO4/c1-2-3-4-10(11,13)9-15-8-7-14-6-5-12/h12-13H,2-9,11H2,1H3. The van der Waals surface area contributed by atoms with E-state index in [2.05, 4.69) is 0 Å². The van der Waals surface area contributed by atoms with Crippen LogP contribution in [0.1, 0.15) is 26.2 Å². The van der Waals surface area contributed by atoms with E-state index in [1.807, 2.05) is 6.92 Å². The zero-order chi connectivity index (χ0) is 11.6. The largest absolute Gasteiger partial charge is 0.394 e. The van der Waals surface area contributed by atoms with Crippen molar-refractivity contribution in [2.24, 2.45) is 5.73 Å². The first-order chi connectivity index (χ1) is 7.12. The molecule has 5 nitrogen and oxygen atoms in total. The molecule has 0 amide bonds. The number of nitrogens with two attached hydrogens (primary N) is 1. The first-order valence-corrected chi connectivity index (χ1v) is 5.40. The second-order valence-electron chi connectivity index (χ2n) is 3.60. The summed E-state index contributed by atoms with van der Waals surface area (Å²) in [6, 6.07) is 0. The summed E-state index contributed by atoms with van der Waals surface area (Å²) >= 11 is 0. The summed E-state index contributed by atoms with van der Waals surface area (Å²) in [5.74, 6) is 0. The molecular formula is C10H23NO4. The van der Waals surface area contributed by atoms with E-state index in [4.69, 9.17) is 20.3 Å². The fourth-order valence-electron chi connectivity index (χ4n) is 1.09. The zero-order valence-electron chi connectivity index (χ0n) is 9.45. The first kappa shape index (κ1) is 14.8. The molecule has 1 atom stereocenters. The van der Waals surface area contributed by atoms with Gasteiger partial charge in [0.1, 0.15) is 5.72 Å². The van der Waals surface area contributed by atoms with Gasteiger partial charge in [-0.3, -0.25) is 0 Å². The van der Waals surface area contributed by atoms with Crippen molar-refractivity contribution in [2.75, 3.05) is 33.0 Å². The molecule has 0 fully saturated rings. The van der Waals surface area contributed by atoms with Gasteiger partial charge in [0.2, 0.25) is 0 Å². The Morgan fingerprint density at radius 3 is 2.47 bits per heavy atom. The maximum Gasteiger partial charge on any atom is 0.137 e. The van der Waals surface area contributed by atoms with E-state index in [9.17, 15) is 5.11 Å². The Labute approximate surface area is 91.2 Å². The quantitative estimate of drug-likeness (QED) is 0.353. The lowest BCUT2D eigenvalue weighted by Gasteiger charge is -2.22. The summed E-state index contributed by atoms with van der Waals surface area (Å²) in [5, 5.41) is 18.0. The predicted molar refractivity (Wildman–Crippen MR) is 57.4 cm³/mol. The van der Waals surface area contributed by atoms with E-state index in [0.717, 1.165) is 12.8 Å². The molecule has 0 aromatic rings. The summed E-state index contributed by atoms with van der Waals surface area (Å²) in [6.45, 7) is 3.27. The van der Waals surface area contributed by atoms with Gasteiger partial charge in [0.25, 0.3) is 0 Å². The zero-order valence-corrected chi connectivity index (χ0v) is 9.45. The molecule has 0 bridgehead atoms. The molecular weight excluding hydrogens is 198 g/mol. The van der Waals surface area contributed by atoms with Crippen LogP contribution in [0.15, 0.2) is 0 Å². The summed E-state index contributed by atoms with van der Waals surface area (Å²) in [7, 11) is 0. The third-order valence-corrected chi connectivity index (χ3v) is 1.92. The fourth-order valence-corrected chi connectivity index (χ4v) is 1.09. The van der Waals surface area contributed by atoms with Gasteiger partial charge in [-0.15, -0.1) is 0 Å². The molecule has 0 saturated carbocycles. The Kier molecular flexibility index (Phi) is 8.94. The van der Waals surface area contributed by atoms with Gasteiger partial charge in [0.05, 0.1) is 33.0 Å². The number of rotatable bonds is 10. The summed E-state index contributed by atoms with van der Waals surface area (Å²) < 4.78 is 10.1. The van der Waals surface area contributed by atoms with Crippen LogP contribution < -0.4 is 5.73 Å². The minimum absolute atomic E-state index is 0.0112. The van der Waals surface area contributed by atoms with Crippen molar-refractivity contribution in [3.8, 4) is 0 Å². The number of aliphatic hydroxyl groups excluding tert-OH is 1. The maximum atomic E-state index is 9.62. The van der Waals surface area contributed by atoms with E-state index >= 15 is 0 Å². The molecule has 5 heteroatoms. The number of aliphatic hydroxyl groups is 2. The van der Waals surface area contributed by atoms with Crippen LogP contribution in [0, 0.1) is 0 Å². The SMILES string of the molecule is CCCCC(N)(O)COCCOCCO. The molecule has 0 aromatic heterocycles. The van der Waals surface area contributed by atoms with Gasteiger partial charge in [-0.1, -0.05) is 13.3 Å². The highest BCUT2D eigenvalue weighted by molar-refractivity contribution is 4.69. The van der Waals surface area contributed by atoms with Crippen LogP contribution in [0.4, 0.5) is 0 Å². The summed E-state index contributed by atoms with van der Waals surface area (Å²) in [5.41, 5.74) is 4.36. The molecule has 0 aliphatic heterocycles. The second-order valence-corrected chi connectivity index (χ2v) is 3.60. The summed E-state index contributed by atoms with van der Waals surface area (Å²) in [4.78, 5) is 0. The van der Waals surface area contributed by atoms with E-state index < -0.39 is 5.72 Å². The molecule has 0 radical (unpaired) electrons. The van der Waals surface area contributed by atoms with Crippen molar-refractivity contribution in [3.63, 3.8) is 0 Å². The average molecular weight is 221 g/mol. The number of ether oxygens (including phenoxy) is 2. The van der Waals surface area contributed by atoms with Crippen LogP contribution in [-0.4, -0.2) is 49.0 Å². The normalized spacial score (nSPS) is 15.2. The Morgan fingerprint density at radius 1 is 1.20 bits per heavy atom. The molecule has 92 valence electrons. The Hall–Kier alpha value is -0.200. The fraction of sp³-hybridized carbons (Fsp3) is 1.00. The van der Waals surface area contributed by atoms with Crippen LogP contribution in [0.25, 0.3) is 0 Å². The topological polar surface area (TPSA) is 84.9 Å². The van der Waals surface area contributed by atoms with Crippen LogP contribution in [0.5, 0.6) is 0 Å². The van der Waals surface area contributed by atoms with Gasteiger partial charge in [0, 0.05) is 0 Å². The number of hydrogen-bond acceptors (Lipinski definition) is 5. The highest BCUT2D eigenvalue weighted by Crippen LogP contribution is 2.07. The molecule has 0 saturated heterocycles. The molecule has 0 aromatic carbocycles. The van der Waals surface area contributed by atoms with Crippen LogP contribution in [-0.2, 0) is 9.47 Å². The first-order valence-electron chi connectivity index (χ1n) is 5.40. The van der Waals surface area contributed by atoms with Crippen LogP contribution >= 0.6 is 0 Å². The maximum absolute atomic E-state index is 9.62. The van der Waals surface area contributed by atoms with Crippen molar-refractivity contribution in [2.45, 2.75) is 31.9 Å². The third kappa shape index (κ3) is 10.1. The van der Waals surface area contributed by atoms with E-state index in [-0.39, 0.29) is 13.2 Å². The lowest BCUT2D eigenvalue weighted by atomic mass is 10.1. The molecule has 0 heterocycles. The van der Waals surface area contributed by atoms with Gasteiger partial charge in [-0.25, -0.2) is 0 Å². The Morgan fingerprint density at radius 2 is 1.87 bits per heavy atom. The second kappa shape index (κ2) is 9.06.